The van der Waals surface area contributed by atoms with Gasteiger partial charge in [-0.1, -0.05) is 26.2 Å². The van der Waals surface area contributed by atoms with Crippen LogP contribution < -0.4 is 6.15 Å². The summed E-state index contributed by atoms with van der Waals surface area (Å²) in [5.74, 6) is 0. The first-order valence-electron chi connectivity index (χ1n) is 2.56. The summed E-state index contributed by atoms with van der Waals surface area (Å²) in [6.45, 7) is 8.85. The van der Waals surface area contributed by atoms with E-state index in [0.29, 0.717) is 6.42 Å². The van der Waals surface area contributed by atoms with Crippen LogP contribution in [-0.4, -0.2) is 0 Å². The molecule has 0 saturated carbocycles. The minimum atomic E-state index is 0. The molecule has 1 nitrogen and oxygen atoms in total. The summed E-state index contributed by atoms with van der Waals surface area (Å²) < 4.78 is 0. The van der Waals surface area contributed by atoms with Crippen molar-refractivity contribution in [3.8, 4) is 0 Å². The molecule has 0 spiro atoms. The van der Waals surface area contributed by atoms with Crippen molar-refractivity contribution in [1.29, 1.82) is 0 Å². The predicted molar refractivity (Wildman–Crippen MR) is 29.5 cm³/mol. The summed E-state index contributed by atoms with van der Waals surface area (Å²) in [6.07, 6.45) is 4.15. The van der Waals surface area contributed by atoms with Gasteiger partial charge in [0, 0.05) is 6.15 Å². The average molecular weight is 97.2 g/mol. The molecule has 0 N–H and O–H groups in total. The highest BCUT2D eigenvalue weighted by atomic mass is 14.0. The van der Waals surface area contributed by atoms with Gasteiger partial charge in [-0.2, -0.15) is 0 Å². The minimum Gasteiger partial charge on any atom is -0.0654 e. The van der Waals surface area contributed by atoms with Crippen molar-refractivity contribution in [3.63, 3.8) is 0 Å². The Morgan fingerprint density at radius 3 is 2.00 bits per heavy atom. The molecule has 0 unspecified atom stereocenters. The number of unbranched alkanes of at least 4 members (excludes halogenated alkanes) is 3. The average Bonchev–Trinajstić information content (AvgIpc) is 1.61. The quantitative estimate of drug-likeness (QED) is 0.480. The van der Waals surface area contributed by atoms with Crippen molar-refractivity contribution in [3.05, 3.63) is 6.92 Å². The van der Waals surface area contributed by atoms with Crippen molar-refractivity contribution in [2.75, 3.05) is 0 Å². The Kier molecular flexibility index (Phi) is 13.4. The fraction of sp³-hybridized carbons (Fsp3) is 0.833. The van der Waals surface area contributed by atoms with Crippen LogP contribution in [0.3, 0.4) is 0 Å². The van der Waals surface area contributed by atoms with Crippen LogP contribution in [0.2, 0.25) is 0 Å². The van der Waals surface area contributed by atoms with Crippen LogP contribution in [0, 0.1) is 6.92 Å². The van der Waals surface area contributed by atoms with E-state index in [1.54, 1.807) is 0 Å². The Hall–Kier alpha value is -0.0400. The molecule has 0 heterocycles. The third-order valence-electron chi connectivity index (χ3n) is 0.780. The number of rotatable bonds is 3. The lowest BCUT2D eigenvalue weighted by atomic mass is 10.2. The fourth-order valence-electron chi connectivity index (χ4n) is 0.375. The smallest absolute Gasteiger partial charge is 0 e. The van der Waals surface area contributed by atoms with Crippen LogP contribution in [0.4, 0.5) is 0 Å². The normalized spacial score (nSPS) is 7.71. The molecule has 0 bridgehead atoms. The lowest BCUT2D eigenvalue weighted by molar-refractivity contribution is 0.728. The van der Waals surface area contributed by atoms with Crippen LogP contribution in [0.1, 0.15) is 32.6 Å². The molecule has 0 fully saturated rings. The Balaban J connectivity index is 0. The first-order chi connectivity index (χ1) is 2.91. The lowest BCUT2D eigenvalue weighted by Gasteiger charge is -1.85. The van der Waals surface area contributed by atoms with Crippen molar-refractivity contribution >= 4 is 0 Å². The van der Waals surface area contributed by atoms with Gasteiger partial charge in [-0.05, 0) is 13.3 Å². The monoisotopic (exact) mass is 97.1 g/mol. The van der Waals surface area contributed by atoms with Gasteiger partial charge >= 0.3 is 0 Å². The van der Waals surface area contributed by atoms with E-state index in [0.717, 1.165) is 6.42 Å². The van der Waals surface area contributed by atoms with Crippen LogP contribution in [-0.2, 0) is 0 Å². The van der Waals surface area contributed by atoms with Crippen molar-refractivity contribution in [1.82, 2.24) is 6.15 Å². The Bertz CT molecular complexity index is 16.1. The number of hydrogen-bond acceptors (Lipinski definition) is 0. The molecule has 0 aromatic rings. The minimum absolute atomic E-state index is 0. The van der Waals surface area contributed by atoms with Crippen molar-refractivity contribution in [2.45, 2.75) is 32.6 Å². The Morgan fingerprint density at radius 1 is 1.29 bits per heavy atom. The van der Waals surface area contributed by atoms with E-state index in [1.807, 2.05) is 0 Å². The van der Waals surface area contributed by atoms with E-state index in [4.69, 9.17) is 6.92 Å². The SMILES string of the molecule is [C]CCCCC.[N]. The van der Waals surface area contributed by atoms with E-state index in [1.165, 1.54) is 12.8 Å². The molecule has 0 aliphatic carbocycles. The van der Waals surface area contributed by atoms with E-state index >= 15 is 0 Å². The fourth-order valence-corrected chi connectivity index (χ4v) is 0.375. The van der Waals surface area contributed by atoms with Gasteiger partial charge in [0.2, 0.25) is 0 Å². The molecule has 40 valence electrons. The van der Waals surface area contributed by atoms with E-state index in [-0.39, 0.29) is 6.15 Å². The lowest BCUT2D eigenvalue weighted by Crippen LogP contribution is -1.66. The molecule has 0 aliphatic heterocycles. The maximum atomic E-state index is 6.71. The Labute approximate surface area is 46.7 Å². The van der Waals surface area contributed by atoms with Crippen molar-refractivity contribution < 1.29 is 0 Å². The topological polar surface area (TPSA) is 30.5 Å². The number of hydrogen-bond donors (Lipinski definition) is 0. The second-order valence-corrected chi connectivity index (χ2v) is 1.46. The van der Waals surface area contributed by atoms with E-state index in [9.17, 15) is 0 Å². The molecule has 7 heavy (non-hydrogen) atoms. The molecule has 0 aromatic heterocycles. The molecule has 0 atom stereocenters. The third-order valence-corrected chi connectivity index (χ3v) is 0.780. The summed E-state index contributed by atoms with van der Waals surface area (Å²) in [7, 11) is 0. The molecular formula is C6H11N. The molecule has 0 rings (SSSR count). The van der Waals surface area contributed by atoms with E-state index < -0.39 is 0 Å². The van der Waals surface area contributed by atoms with Gasteiger partial charge in [0.15, 0.2) is 0 Å². The standard InChI is InChI=1S/C6H11.N/c1-3-5-6-4-2;/h3-6H2,1H3;. The summed E-state index contributed by atoms with van der Waals surface area (Å²) in [5, 5.41) is 0. The van der Waals surface area contributed by atoms with Gasteiger partial charge in [-0.15, -0.1) is 0 Å². The van der Waals surface area contributed by atoms with Crippen LogP contribution in [0.5, 0.6) is 0 Å². The predicted octanol–water partition coefficient (Wildman–Crippen LogP) is 1.67. The van der Waals surface area contributed by atoms with E-state index in [2.05, 4.69) is 6.92 Å². The van der Waals surface area contributed by atoms with Crippen LogP contribution >= 0.6 is 0 Å². The van der Waals surface area contributed by atoms with Gasteiger partial charge in [-0.25, -0.2) is 0 Å². The van der Waals surface area contributed by atoms with Gasteiger partial charge in [-0.3, -0.25) is 0 Å². The van der Waals surface area contributed by atoms with Gasteiger partial charge in [0.1, 0.15) is 0 Å². The van der Waals surface area contributed by atoms with Gasteiger partial charge < -0.3 is 0 Å². The zero-order valence-electron chi connectivity index (χ0n) is 4.78. The van der Waals surface area contributed by atoms with Crippen LogP contribution in [0.15, 0.2) is 0 Å². The highest BCUT2D eigenvalue weighted by molar-refractivity contribution is 4.38. The number of nitrogens with zero attached hydrogens (tertiary/aromatic N) is 1. The molecular weight excluding hydrogens is 86.1 g/mol. The molecule has 0 amide bonds. The molecule has 0 saturated heterocycles. The second kappa shape index (κ2) is 9.35. The first kappa shape index (κ1) is 10.0. The third kappa shape index (κ3) is 10.7. The zero-order chi connectivity index (χ0) is 4.83. The highest BCUT2D eigenvalue weighted by Gasteiger charge is 1.75. The largest absolute Gasteiger partial charge is 0.0654 e. The highest BCUT2D eigenvalue weighted by Crippen LogP contribution is 1.95. The summed E-state index contributed by atoms with van der Waals surface area (Å²) in [5.41, 5.74) is 0. The summed E-state index contributed by atoms with van der Waals surface area (Å²) in [6, 6.07) is 0. The van der Waals surface area contributed by atoms with Crippen molar-refractivity contribution in [2.24, 2.45) is 0 Å². The Morgan fingerprint density at radius 2 is 1.86 bits per heavy atom. The molecule has 0 aliphatic rings. The summed E-state index contributed by atoms with van der Waals surface area (Å²) >= 11 is 0. The first-order valence-corrected chi connectivity index (χ1v) is 2.56. The molecule has 0 aromatic carbocycles. The summed E-state index contributed by atoms with van der Waals surface area (Å²) in [4.78, 5) is 0. The van der Waals surface area contributed by atoms with Crippen LogP contribution in [0.25, 0.3) is 0 Å². The van der Waals surface area contributed by atoms with Gasteiger partial charge in [0.25, 0.3) is 0 Å². The maximum absolute atomic E-state index is 6.71. The molecule has 1 heteroatoms. The molecule has 6 radical (unpaired) electrons. The zero-order valence-corrected chi connectivity index (χ0v) is 4.78. The van der Waals surface area contributed by atoms with Gasteiger partial charge in [0.05, 0.1) is 0 Å². The maximum Gasteiger partial charge on any atom is 0 e. The second-order valence-electron chi connectivity index (χ2n) is 1.46.